The van der Waals surface area contributed by atoms with Crippen molar-refractivity contribution in [3.8, 4) is 0 Å². The Labute approximate surface area is 120 Å². The lowest BCUT2D eigenvalue weighted by Gasteiger charge is -2.31. The van der Waals surface area contributed by atoms with Crippen LogP contribution in [-0.2, 0) is 0 Å². The Hall–Kier alpha value is -0.120. The Morgan fingerprint density at radius 2 is 1.89 bits per heavy atom. The molecule has 0 aromatic carbocycles. The minimum Gasteiger partial charge on any atom is -0.315 e. The molecule has 1 aliphatic heterocycles. The summed E-state index contributed by atoms with van der Waals surface area (Å²) in [6, 6.07) is 0. The molecule has 19 heavy (non-hydrogen) atoms. The maximum Gasteiger partial charge on any atom is 0.0104 e. The van der Waals surface area contributed by atoms with Crippen LogP contribution in [0, 0.1) is 11.8 Å². The molecule has 1 rings (SSSR count). The summed E-state index contributed by atoms with van der Waals surface area (Å²) < 4.78 is 0. The van der Waals surface area contributed by atoms with Crippen LogP contribution < -0.4 is 5.32 Å². The van der Waals surface area contributed by atoms with Crippen LogP contribution in [0.25, 0.3) is 0 Å². The first-order chi connectivity index (χ1) is 9.08. The third kappa shape index (κ3) is 8.61. The topological polar surface area (TPSA) is 18.5 Å². The van der Waals surface area contributed by atoms with E-state index in [2.05, 4.69) is 43.1 Å². The molecule has 1 N–H and O–H groups in total. The van der Waals surface area contributed by atoms with Crippen molar-refractivity contribution in [1.82, 2.24) is 15.1 Å². The molecule has 0 spiro atoms. The molecule has 0 bridgehead atoms. The van der Waals surface area contributed by atoms with Crippen LogP contribution in [0.15, 0.2) is 0 Å². The first-order valence-corrected chi connectivity index (χ1v) is 8.15. The number of rotatable bonds is 9. The lowest BCUT2D eigenvalue weighted by molar-refractivity contribution is 0.176. The highest BCUT2D eigenvalue weighted by atomic mass is 15.1. The average Bonchev–Trinajstić information content (AvgIpc) is 2.36. The summed E-state index contributed by atoms with van der Waals surface area (Å²) in [5.74, 6) is 1.76. The van der Waals surface area contributed by atoms with Crippen LogP contribution in [0.1, 0.15) is 39.5 Å². The van der Waals surface area contributed by atoms with E-state index in [9.17, 15) is 0 Å². The summed E-state index contributed by atoms with van der Waals surface area (Å²) in [6.45, 7) is 12.0. The van der Waals surface area contributed by atoms with Gasteiger partial charge in [0.25, 0.3) is 0 Å². The van der Waals surface area contributed by atoms with E-state index < -0.39 is 0 Å². The molecule has 0 amide bonds. The quantitative estimate of drug-likeness (QED) is 0.648. The average molecular weight is 269 g/mol. The molecule has 0 aliphatic carbocycles. The van der Waals surface area contributed by atoms with Gasteiger partial charge in [0.2, 0.25) is 0 Å². The number of nitrogens with one attached hydrogen (secondary N) is 1. The molecule has 3 heteroatoms. The fourth-order valence-corrected chi connectivity index (χ4v) is 2.81. The Bertz CT molecular complexity index is 210. The van der Waals surface area contributed by atoms with Gasteiger partial charge in [-0.15, -0.1) is 0 Å². The van der Waals surface area contributed by atoms with E-state index in [4.69, 9.17) is 0 Å². The summed E-state index contributed by atoms with van der Waals surface area (Å²) in [4.78, 5) is 4.96. The van der Waals surface area contributed by atoms with Crippen molar-refractivity contribution in [3.63, 3.8) is 0 Å². The normalized spacial score (nSPS) is 18.6. The number of hydrogen-bond acceptors (Lipinski definition) is 3. The standard InChI is InChI=1S/C16H35N3/c1-15(2)6-5-9-17-10-13-19(4)14-16-7-11-18(3)12-8-16/h15-17H,5-14H2,1-4H3. The summed E-state index contributed by atoms with van der Waals surface area (Å²) in [5.41, 5.74) is 0. The predicted octanol–water partition coefficient (Wildman–Crippen LogP) is 2.29. The van der Waals surface area contributed by atoms with Crippen LogP contribution in [0.2, 0.25) is 0 Å². The molecule has 0 aromatic heterocycles. The lowest BCUT2D eigenvalue weighted by Crippen LogP contribution is -2.38. The molecule has 1 fully saturated rings. The molecule has 1 heterocycles. The van der Waals surface area contributed by atoms with Crippen LogP contribution in [0.3, 0.4) is 0 Å². The number of nitrogens with zero attached hydrogens (tertiary/aromatic N) is 2. The van der Waals surface area contributed by atoms with Gasteiger partial charge in [-0.05, 0) is 71.2 Å². The zero-order chi connectivity index (χ0) is 14.1. The van der Waals surface area contributed by atoms with Crippen LogP contribution >= 0.6 is 0 Å². The van der Waals surface area contributed by atoms with E-state index in [1.54, 1.807) is 0 Å². The largest absolute Gasteiger partial charge is 0.315 e. The molecule has 0 atom stereocenters. The van der Waals surface area contributed by atoms with Crippen molar-refractivity contribution >= 4 is 0 Å². The second-order valence-electron chi connectivity index (χ2n) is 6.79. The molecular weight excluding hydrogens is 234 g/mol. The van der Waals surface area contributed by atoms with Gasteiger partial charge in [-0.3, -0.25) is 0 Å². The molecule has 114 valence electrons. The number of likely N-dealkylation sites (tertiary alicyclic amines) is 1. The van der Waals surface area contributed by atoms with Crippen molar-refractivity contribution in [2.45, 2.75) is 39.5 Å². The van der Waals surface area contributed by atoms with E-state index in [1.807, 2.05) is 0 Å². The van der Waals surface area contributed by atoms with E-state index in [0.29, 0.717) is 0 Å². The summed E-state index contributed by atoms with van der Waals surface area (Å²) >= 11 is 0. The first kappa shape index (κ1) is 16.9. The molecule has 0 unspecified atom stereocenters. The molecule has 1 saturated heterocycles. The minimum absolute atomic E-state index is 0.842. The maximum atomic E-state index is 3.57. The zero-order valence-corrected chi connectivity index (χ0v) is 13.6. The number of hydrogen-bond donors (Lipinski definition) is 1. The van der Waals surface area contributed by atoms with Crippen molar-refractivity contribution in [2.24, 2.45) is 11.8 Å². The van der Waals surface area contributed by atoms with Gasteiger partial charge >= 0.3 is 0 Å². The highest BCUT2D eigenvalue weighted by Crippen LogP contribution is 2.16. The summed E-state index contributed by atoms with van der Waals surface area (Å²) in [7, 11) is 4.51. The van der Waals surface area contributed by atoms with Crippen molar-refractivity contribution in [3.05, 3.63) is 0 Å². The van der Waals surface area contributed by atoms with Crippen LogP contribution in [0.4, 0.5) is 0 Å². The molecular formula is C16H35N3. The maximum absolute atomic E-state index is 3.57. The van der Waals surface area contributed by atoms with Gasteiger partial charge in [0.15, 0.2) is 0 Å². The monoisotopic (exact) mass is 269 g/mol. The zero-order valence-electron chi connectivity index (χ0n) is 13.6. The van der Waals surface area contributed by atoms with Gasteiger partial charge in [0, 0.05) is 19.6 Å². The van der Waals surface area contributed by atoms with Crippen LogP contribution in [0.5, 0.6) is 0 Å². The SMILES string of the molecule is CC(C)CCCNCCN(C)CC1CCN(C)CC1. The summed E-state index contributed by atoms with van der Waals surface area (Å²) in [6.07, 6.45) is 5.42. The highest BCUT2D eigenvalue weighted by molar-refractivity contribution is 4.72. The first-order valence-electron chi connectivity index (χ1n) is 8.15. The summed E-state index contributed by atoms with van der Waals surface area (Å²) in [5, 5.41) is 3.57. The highest BCUT2D eigenvalue weighted by Gasteiger charge is 2.17. The van der Waals surface area contributed by atoms with Crippen LogP contribution in [-0.4, -0.2) is 63.2 Å². The smallest absolute Gasteiger partial charge is 0.0104 e. The lowest BCUT2D eigenvalue weighted by atomic mass is 9.97. The predicted molar refractivity (Wildman–Crippen MR) is 84.7 cm³/mol. The van der Waals surface area contributed by atoms with E-state index in [1.165, 1.54) is 58.4 Å². The van der Waals surface area contributed by atoms with Gasteiger partial charge in [0.05, 0.1) is 0 Å². The van der Waals surface area contributed by atoms with Gasteiger partial charge < -0.3 is 15.1 Å². The third-order valence-electron chi connectivity index (χ3n) is 4.21. The number of likely N-dealkylation sites (N-methyl/N-ethyl adjacent to an activating group) is 1. The molecule has 1 aliphatic rings. The minimum atomic E-state index is 0.842. The Balaban J connectivity index is 1.94. The van der Waals surface area contributed by atoms with Gasteiger partial charge in [0.1, 0.15) is 0 Å². The van der Waals surface area contributed by atoms with E-state index >= 15 is 0 Å². The van der Waals surface area contributed by atoms with Crippen molar-refractivity contribution in [1.29, 1.82) is 0 Å². The van der Waals surface area contributed by atoms with E-state index in [-0.39, 0.29) is 0 Å². The van der Waals surface area contributed by atoms with Gasteiger partial charge in [-0.25, -0.2) is 0 Å². The fourth-order valence-electron chi connectivity index (χ4n) is 2.81. The number of piperidine rings is 1. The molecule has 3 nitrogen and oxygen atoms in total. The second-order valence-corrected chi connectivity index (χ2v) is 6.79. The van der Waals surface area contributed by atoms with Crippen molar-refractivity contribution in [2.75, 3.05) is 53.4 Å². The van der Waals surface area contributed by atoms with Gasteiger partial charge in [-0.2, -0.15) is 0 Å². The Morgan fingerprint density at radius 1 is 1.21 bits per heavy atom. The Kier molecular flexibility index (Phi) is 8.67. The fraction of sp³-hybridized carbons (Fsp3) is 1.00. The van der Waals surface area contributed by atoms with Gasteiger partial charge in [-0.1, -0.05) is 13.8 Å². The van der Waals surface area contributed by atoms with Crippen molar-refractivity contribution < 1.29 is 0 Å². The molecule has 0 saturated carbocycles. The second kappa shape index (κ2) is 9.73. The molecule has 0 radical (unpaired) electrons. The Morgan fingerprint density at radius 3 is 2.53 bits per heavy atom. The third-order valence-corrected chi connectivity index (χ3v) is 4.21. The van der Waals surface area contributed by atoms with E-state index in [0.717, 1.165) is 18.4 Å². The molecule has 0 aromatic rings.